The monoisotopic (exact) mass is 275 g/mol. The predicted octanol–water partition coefficient (Wildman–Crippen LogP) is 2.28. The molecule has 0 saturated carbocycles. The standard InChI is InChI=1S/C14H17N3OS/c1-3-8-15-14(19)17-10(2)9-13(18)16-11-6-4-5-7-12(11)17/h3-7,10H,1,8-9H2,2H3,(H,15,19)(H,16,18). The molecule has 1 atom stereocenters. The summed E-state index contributed by atoms with van der Waals surface area (Å²) >= 11 is 5.42. The van der Waals surface area contributed by atoms with Crippen molar-refractivity contribution in [3.05, 3.63) is 36.9 Å². The zero-order valence-corrected chi connectivity index (χ0v) is 11.7. The van der Waals surface area contributed by atoms with E-state index < -0.39 is 0 Å². The molecule has 1 aromatic rings. The van der Waals surface area contributed by atoms with Crippen LogP contribution >= 0.6 is 12.2 Å². The lowest BCUT2D eigenvalue weighted by molar-refractivity contribution is -0.116. The summed E-state index contributed by atoms with van der Waals surface area (Å²) in [6.07, 6.45) is 2.16. The van der Waals surface area contributed by atoms with Gasteiger partial charge in [0.25, 0.3) is 0 Å². The van der Waals surface area contributed by atoms with E-state index in [1.807, 2.05) is 36.1 Å². The van der Waals surface area contributed by atoms with Crippen LogP contribution in [-0.2, 0) is 4.79 Å². The van der Waals surface area contributed by atoms with Gasteiger partial charge in [-0.2, -0.15) is 0 Å². The topological polar surface area (TPSA) is 44.4 Å². The molecular formula is C14H17N3OS. The lowest BCUT2D eigenvalue weighted by Gasteiger charge is -2.30. The summed E-state index contributed by atoms with van der Waals surface area (Å²) in [6, 6.07) is 7.68. The van der Waals surface area contributed by atoms with Crippen molar-refractivity contribution in [3.63, 3.8) is 0 Å². The molecule has 1 heterocycles. The average Bonchev–Trinajstić information content (AvgIpc) is 2.50. The van der Waals surface area contributed by atoms with Crippen molar-refractivity contribution in [2.24, 2.45) is 0 Å². The zero-order chi connectivity index (χ0) is 13.8. The first-order valence-electron chi connectivity index (χ1n) is 6.20. The predicted molar refractivity (Wildman–Crippen MR) is 82.4 cm³/mol. The number of para-hydroxylation sites is 2. The molecule has 0 spiro atoms. The molecule has 5 heteroatoms. The van der Waals surface area contributed by atoms with Gasteiger partial charge in [-0.25, -0.2) is 0 Å². The van der Waals surface area contributed by atoms with Crippen LogP contribution in [0.3, 0.4) is 0 Å². The summed E-state index contributed by atoms with van der Waals surface area (Å²) in [5.74, 6) is 0.00831. The fourth-order valence-electron chi connectivity index (χ4n) is 2.14. The molecular weight excluding hydrogens is 258 g/mol. The maximum Gasteiger partial charge on any atom is 0.226 e. The second kappa shape index (κ2) is 5.84. The normalized spacial score (nSPS) is 18.1. The summed E-state index contributed by atoms with van der Waals surface area (Å²) in [4.78, 5) is 13.8. The van der Waals surface area contributed by atoms with Gasteiger partial charge in [-0.3, -0.25) is 4.79 Å². The van der Waals surface area contributed by atoms with E-state index in [-0.39, 0.29) is 11.9 Å². The van der Waals surface area contributed by atoms with Gasteiger partial charge in [0.15, 0.2) is 5.11 Å². The molecule has 1 amide bonds. The Morgan fingerprint density at radius 3 is 3.11 bits per heavy atom. The van der Waals surface area contributed by atoms with Gasteiger partial charge in [0.1, 0.15) is 0 Å². The summed E-state index contributed by atoms with van der Waals surface area (Å²) in [5.41, 5.74) is 1.71. The van der Waals surface area contributed by atoms with Crippen LogP contribution < -0.4 is 15.5 Å². The van der Waals surface area contributed by atoms with Crippen molar-refractivity contribution in [3.8, 4) is 0 Å². The third-order valence-electron chi connectivity index (χ3n) is 2.98. The van der Waals surface area contributed by atoms with Crippen LogP contribution in [0.25, 0.3) is 0 Å². The van der Waals surface area contributed by atoms with E-state index in [0.717, 1.165) is 11.4 Å². The van der Waals surface area contributed by atoms with Crippen LogP contribution in [-0.4, -0.2) is 23.6 Å². The van der Waals surface area contributed by atoms with Crippen LogP contribution in [0.4, 0.5) is 11.4 Å². The number of thiocarbonyl (C=S) groups is 1. The fourth-order valence-corrected chi connectivity index (χ4v) is 2.50. The summed E-state index contributed by atoms with van der Waals surface area (Å²) in [6.45, 7) is 6.26. The van der Waals surface area contributed by atoms with E-state index in [1.165, 1.54) is 0 Å². The minimum Gasteiger partial charge on any atom is -0.359 e. The van der Waals surface area contributed by atoms with Crippen LogP contribution in [0.2, 0.25) is 0 Å². The Bertz CT molecular complexity index is 515. The molecule has 1 aliphatic rings. The summed E-state index contributed by atoms with van der Waals surface area (Å²) in [7, 11) is 0. The number of anilines is 2. The number of benzene rings is 1. The minimum absolute atomic E-state index is 0.00784. The molecule has 4 nitrogen and oxygen atoms in total. The Balaban J connectivity index is 2.37. The molecule has 1 aliphatic heterocycles. The molecule has 0 aromatic heterocycles. The van der Waals surface area contributed by atoms with E-state index in [4.69, 9.17) is 12.2 Å². The molecule has 0 radical (unpaired) electrons. The zero-order valence-electron chi connectivity index (χ0n) is 10.8. The van der Waals surface area contributed by atoms with Gasteiger partial charge in [-0.1, -0.05) is 18.2 Å². The Morgan fingerprint density at radius 1 is 1.63 bits per heavy atom. The number of nitrogens with one attached hydrogen (secondary N) is 2. The Hall–Kier alpha value is -1.88. The van der Waals surface area contributed by atoms with Crippen molar-refractivity contribution in [2.45, 2.75) is 19.4 Å². The first-order valence-corrected chi connectivity index (χ1v) is 6.61. The van der Waals surface area contributed by atoms with E-state index >= 15 is 0 Å². The SMILES string of the molecule is C=CCNC(=S)N1c2ccccc2NC(=O)CC1C. The van der Waals surface area contributed by atoms with E-state index in [1.54, 1.807) is 6.08 Å². The molecule has 100 valence electrons. The number of hydrogen-bond donors (Lipinski definition) is 2. The van der Waals surface area contributed by atoms with Crippen molar-refractivity contribution in [1.29, 1.82) is 0 Å². The van der Waals surface area contributed by atoms with Gasteiger partial charge < -0.3 is 15.5 Å². The van der Waals surface area contributed by atoms with Crippen molar-refractivity contribution < 1.29 is 4.79 Å². The highest BCUT2D eigenvalue weighted by molar-refractivity contribution is 7.80. The Labute approximate surface area is 118 Å². The average molecular weight is 275 g/mol. The van der Waals surface area contributed by atoms with Gasteiger partial charge >= 0.3 is 0 Å². The maximum absolute atomic E-state index is 11.8. The number of carbonyl (C=O) groups is 1. The number of hydrogen-bond acceptors (Lipinski definition) is 2. The van der Waals surface area contributed by atoms with Crippen molar-refractivity contribution in [1.82, 2.24) is 5.32 Å². The number of rotatable bonds is 2. The highest BCUT2D eigenvalue weighted by Gasteiger charge is 2.27. The lowest BCUT2D eigenvalue weighted by Crippen LogP contribution is -2.45. The van der Waals surface area contributed by atoms with E-state index in [2.05, 4.69) is 17.2 Å². The van der Waals surface area contributed by atoms with Gasteiger partial charge in [0.05, 0.1) is 11.4 Å². The minimum atomic E-state index is 0.00784. The number of fused-ring (bicyclic) bond motifs is 1. The second-order valence-electron chi connectivity index (χ2n) is 4.46. The molecule has 0 saturated heterocycles. The number of nitrogens with zero attached hydrogens (tertiary/aromatic N) is 1. The molecule has 19 heavy (non-hydrogen) atoms. The lowest BCUT2D eigenvalue weighted by atomic mass is 10.2. The third kappa shape index (κ3) is 2.93. The quantitative estimate of drug-likeness (QED) is 0.642. The van der Waals surface area contributed by atoms with E-state index in [0.29, 0.717) is 18.1 Å². The first kappa shape index (κ1) is 13.5. The second-order valence-corrected chi connectivity index (χ2v) is 4.85. The smallest absolute Gasteiger partial charge is 0.226 e. The molecule has 2 rings (SSSR count). The Kier molecular flexibility index (Phi) is 4.16. The first-order chi connectivity index (χ1) is 9.13. The Morgan fingerprint density at radius 2 is 2.37 bits per heavy atom. The molecule has 0 fully saturated rings. The van der Waals surface area contributed by atoms with Crippen LogP contribution in [0.5, 0.6) is 0 Å². The highest BCUT2D eigenvalue weighted by Crippen LogP contribution is 2.31. The van der Waals surface area contributed by atoms with Gasteiger partial charge in [-0.05, 0) is 31.3 Å². The fraction of sp³-hybridized carbons (Fsp3) is 0.286. The number of amides is 1. The van der Waals surface area contributed by atoms with Gasteiger partial charge in [0, 0.05) is 19.0 Å². The van der Waals surface area contributed by atoms with Crippen LogP contribution in [0, 0.1) is 0 Å². The summed E-state index contributed by atoms with van der Waals surface area (Å²) < 4.78 is 0. The summed E-state index contributed by atoms with van der Waals surface area (Å²) in [5, 5.41) is 6.63. The molecule has 0 aliphatic carbocycles. The third-order valence-corrected chi connectivity index (χ3v) is 3.32. The van der Waals surface area contributed by atoms with Crippen molar-refractivity contribution >= 4 is 34.6 Å². The largest absolute Gasteiger partial charge is 0.359 e. The van der Waals surface area contributed by atoms with Crippen molar-refractivity contribution in [2.75, 3.05) is 16.8 Å². The van der Waals surface area contributed by atoms with Gasteiger partial charge in [-0.15, -0.1) is 6.58 Å². The highest BCUT2D eigenvalue weighted by atomic mass is 32.1. The molecule has 1 unspecified atom stereocenters. The maximum atomic E-state index is 11.8. The number of carbonyl (C=O) groups excluding carboxylic acids is 1. The molecule has 2 N–H and O–H groups in total. The van der Waals surface area contributed by atoms with Crippen LogP contribution in [0.15, 0.2) is 36.9 Å². The molecule has 0 bridgehead atoms. The molecule has 1 aromatic carbocycles. The van der Waals surface area contributed by atoms with Crippen LogP contribution in [0.1, 0.15) is 13.3 Å². The van der Waals surface area contributed by atoms with Gasteiger partial charge in [0.2, 0.25) is 5.91 Å². The van der Waals surface area contributed by atoms with E-state index in [9.17, 15) is 4.79 Å².